The maximum Gasteiger partial charge on any atom is 0.265 e. The maximum atomic E-state index is 12.8. The number of nitrogen functional groups attached to an aromatic ring is 1. The number of hydrogen-bond acceptors (Lipinski definition) is 3. The number of anilines is 2. The van der Waals surface area contributed by atoms with Crippen molar-refractivity contribution in [3.05, 3.63) is 23.8 Å². The van der Waals surface area contributed by atoms with Crippen LogP contribution in [0, 0.1) is 0 Å². The van der Waals surface area contributed by atoms with E-state index in [4.69, 9.17) is 10.8 Å². The molecule has 1 rings (SSSR count). The molecule has 0 unspecified atom stereocenters. The highest BCUT2D eigenvalue weighted by molar-refractivity contribution is 5.59. The second kappa shape index (κ2) is 5.31. The molecule has 1 aromatic carbocycles. The number of aliphatic hydroxyl groups excluding tert-OH is 1. The van der Waals surface area contributed by atoms with E-state index in [1.165, 1.54) is 12.1 Å². The molecule has 0 saturated heterocycles. The fourth-order valence-electron chi connectivity index (χ4n) is 1.58. The topological polar surface area (TPSA) is 58.3 Å². The van der Waals surface area contributed by atoms with Gasteiger partial charge in [0.15, 0.2) is 0 Å². The molecule has 4 N–H and O–H groups in total. The van der Waals surface area contributed by atoms with E-state index in [1.807, 2.05) is 13.8 Å². The molecule has 0 aliphatic carbocycles. The predicted octanol–water partition coefficient (Wildman–Crippen LogP) is 2.78. The summed E-state index contributed by atoms with van der Waals surface area (Å²) < 4.78 is 25.6. The smallest absolute Gasteiger partial charge is 0.265 e. The molecule has 5 heteroatoms. The van der Waals surface area contributed by atoms with E-state index in [0.717, 1.165) is 0 Å². The largest absolute Gasteiger partial charge is 0.399 e. The SMILES string of the molecule is CC(C)(CCO)Nc1ccc(N)cc1C(F)F. The van der Waals surface area contributed by atoms with Crippen LogP contribution >= 0.6 is 0 Å². The minimum atomic E-state index is -2.58. The molecule has 3 nitrogen and oxygen atoms in total. The lowest BCUT2D eigenvalue weighted by atomic mass is 9.99. The molecular weight excluding hydrogens is 226 g/mol. The van der Waals surface area contributed by atoms with Crippen molar-refractivity contribution in [2.45, 2.75) is 32.2 Å². The summed E-state index contributed by atoms with van der Waals surface area (Å²) in [6.45, 7) is 3.68. The van der Waals surface area contributed by atoms with Gasteiger partial charge in [-0.1, -0.05) is 0 Å². The first-order chi connectivity index (χ1) is 7.85. The highest BCUT2D eigenvalue weighted by Crippen LogP contribution is 2.31. The zero-order valence-electron chi connectivity index (χ0n) is 10.0. The normalized spacial score (nSPS) is 11.9. The van der Waals surface area contributed by atoms with Crippen molar-refractivity contribution in [1.82, 2.24) is 0 Å². The fourth-order valence-corrected chi connectivity index (χ4v) is 1.58. The number of aliphatic hydroxyl groups is 1. The number of rotatable bonds is 5. The average Bonchev–Trinajstić information content (AvgIpc) is 2.20. The monoisotopic (exact) mass is 244 g/mol. The summed E-state index contributed by atoms with van der Waals surface area (Å²) in [4.78, 5) is 0. The van der Waals surface area contributed by atoms with Gasteiger partial charge in [-0.3, -0.25) is 0 Å². The third kappa shape index (κ3) is 3.85. The highest BCUT2D eigenvalue weighted by atomic mass is 19.3. The summed E-state index contributed by atoms with van der Waals surface area (Å²) in [5.74, 6) is 0. The summed E-state index contributed by atoms with van der Waals surface area (Å²) in [5.41, 5.74) is 5.59. The van der Waals surface area contributed by atoms with E-state index in [0.29, 0.717) is 17.8 Å². The van der Waals surface area contributed by atoms with Crippen molar-refractivity contribution >= 4 is 11.4 Å². The molecule has 1 aromatic rings. The van der Waals surface area contributed by atoms with E-state index in [-0.39, 0.29) is 12.2 Å². The fraction of sp³-hybridized carbons (Fsp3) is 0.500. The summed E-state index contributed by atoms with van der Waals surface area (Å²) >= 11 is 0. The van der Waals surface area contributed by atoms with Crippen LogP contribution in [0.25, 0.3) is 0 Å². The Hall–Kier alpha value is -1.36. The molecule has 0 spiro atoms. The van der Waals surface area contributed by atoms with E-state index >= 15 is 0 Å². The first-order valence-corrected chi connectivity index (χ1v) is 5.42. The molecule has 0 radical (unpaired) electrons. The first kappa shape index (κ1) is 13.7. The molecule has 0 aromatic heterocycles. The van der Waals surface area contributed by atoms with Crippen LogP contribution in [0.3, 0.4) is 0 Å². The van der Waals surface area contributed by atoms with Gasteiger partial charge in [0.2, 0.25) is 0 Å². The molecule has 0 heterocycles. The van der Waals surface area contributed by atoms with Gasteiger partial charge in [0.05, 0.1) is 0 Å². The molecule has 0 bridgehead atoms. The van der Waals surface area contributed by atoms with E-state index in [2.05, 4.69) is 5.32 Å². The van der Waals surface area contributed by atoms with Crippen molar-refractivity contribution in [3.8, 4) is 0 Å². The number of alkyl halides is 2. The molecular formula is C12H18F2N2O. The lowest BCUT2D eigenvalue weighted by Gasteiger charge is -2.28. The Balaban J connectivity index is 2.98. The van der Waals surface area contributed by atoms with Gasteiger partial charge in [0, 0.05) is 29.1 Å². The van der Waals surface area contributed by atoms with Gasteiger partial charge in [-0.05, 0) is 38.5 Å². The average molecular weight is 244 g/mol. The van der Waals surface area contributed by atoms with Crippen molar-refractivity contribution in [2.75, 3.05) is 17.7 Å². The lowest BCUT2D eigenvalue weighted by molar-refractivity contribution is 0.152. The number of benzene rings is 1. The molecule has 0 amide bonds. The Labute approximate surface area is 99.6 Å². The van der Waals surface area contributed by atoms with Gasteiger partial charge >= 0.3 is 0 Å². The van der Waals surface area contributed by atoms with Crippen LogP contribution in [-0.4, -0.2) is 17.3 Å². The third-order valence-electron chi connectivity index (χ3n) is 2.52. The minimum absolute atomic E-state index is 0.00101. The van der Waals surface area contributed by atoms with Crippen LogP contribution in [0.4, 0.5) is 20.2 Å². The molecule has 0 saturated carbocycles. The van der Waals surface area contributed by atoms with Crippen LogP contribution in [0.2, 0.25) is 0 Å². The Morgan fingerprint density at radius 3 is 2.59 bits per heavy atom. The Kier molecular flexibility index (Phi) is 4.28. The summed E-state index contributed by atoms with van der Waals surface area (Å²) in [5, 5.41) is 11.9. The van der Waals surface area contributed by atoms with Gasteiger partial charge in [0.25, 0.3) is 6.43 Å². The zero-order chi connectivity index (χ0) is 13.1. The number of halogens is 2. The predicted molar refractivity (Wildman–Crippen MR) is 65.2 cm³/mol. The van der Waals surface area contributed by atoms with Crippen LogP contribution in [0.1, 0.15) is 32.3 Å². The van der Waals surface area contributed by atoms with Crippen LogP contribution in [-0.2, 0) is 0 Å². The van der Waals surface area contributed by atoms with Gasteiger partial charge < -0.3 is 16.2 Å². The zero-order valence-corrected chi connectivity index (χ0v) is 10.0. The van der Waals surface area contributed by atoms with Crippen molar-refractivity contribution < 1.29 is 13.9 Å². The number of hydrogen-bond donors (Lipinski definition) is 3. The standard InChI is InChI=1S/C12H18F2N2O/c1-12(2,5-6-17)16-10-4-3-8(15)7-9(10)11(13)14/h3-4,7,11,16-17H,5-6,15H2,1-2H3. The molecule has 0 aliphatic rings. The van der Waals surface area contributed by atoms with Crippen molar-refractivity contribution in [3.63, 3.8) is 0 Å². The van der Waals surface area contributed by atoms with Gasteiger partial charge in [-0.25, -0.2) is 8.78 Å². The maximum absolute atomic E-state index is 12.8. The van der Waals surface area contributed by atoms with E-state index < -0.39 is 12.0 Å². The summed E-state index contributed by atoms with van der Waals surface area (Å²) in [7, 11) is 0. The van der Waals surface area contributed by atoms with Gasteiger partial charge in [-0.2, -0.15) is 0 Å². The molecule has 96 valence electrons. The second-order valence-corrected chi connectivity index (χ2v) is 4.63. The first-order valence-electron chi connectivity index (χ1n) is 5.42. The van der Waals surface area contributed by atoms with Gasteiger partial charge in [0.1, 0.15) is 0 Å². The quantitative estimate of drug-likeness (QED) is 0.698. The number of nitrogens with one attached hydrogen (secondary N) is 1. The third-order valence-corrected chi connectivity index (χ3v) is 2.52. The lowest BCUT2D eigenvalue weighted by Crippen LogP contribution is -2.32. The minimum Gasteiger partial charge on any atom is -0.399 e. The van der Waals surface area contributed by atoms with E-state index in [1.54, 1.807) is 6.07 Å². The summed E-state index contributed by atoms with van der Waals surface area (Å²) in [6, 6.07) is 4.38. The van der Waals surface area contributed by atoms with Crippen molar-refractivity contribution in [1.29, 1.82) is 0 Å². The van der Waals surface area contributed by atoms with Crippen LogP contribution in [0.5, 0.6) is 0 Å². The highest BCUT2D eigenvalue weighted by Gasteiger charge is 2.20. The van der Waals surface area contributed by atoms with Crippen LogP contribution in [0.15, 0.2) is 18.2 Å². The summed E-state index contributed by atoms with van der Waals surface area (Å²) in [6.07, 6.45) is -2.11. The molecule has 17 heavy (non-hydrogen) atoms. The van der Waals surface area contributed by atoms with E-state index in [9.17, 15) is 8.78 Å². The second-order valence-electron chi connectivity index (χ2n) is 4.63. The van der Waals surface area contributed by atoms with Gasteiger partial charge in [-0.15, -0.1) is 0 Å². The van der Waals surface area contributed by atoms with Crippen LogP contribution < -0.4 is 11.1 Å². The number of nitrogens with two attached hydrogens (primary N) is 1. The molecule has 0 atom stereocenters. The Bertz CT molecular complexity index is 381. The van der Waals surface area contributed by atoms with Crippen molar-refractivity contribution in [2.24, 2.45) is 0 Å². The Morgan fingerprint density at radius 2 is 2.06 bits per heavy atom. The molecule has 0 aliphatic heterocycles. The molecule has 0 fully saturated rings. The Morgan fingerprint density at radius 1 is 1.41 bits per heavy atom.